The summed E-state index contributed by atoms with van der Waals surface area (Å²) in [6.45, 7) is 15.3. The Labute approximate surface area is 165 Å². The Hall–Kier alpha value is -1.79. The summed E-state index contributed by atoms with van der Waals surface area (Å²) in [6, 6.07) is 6.27. The summed E-state index contributed by atoms with van der Waals surface area (Å²) in [7, 11) is 3.53. The van der Waals surface area contributed by atoms with Crippen LogP contribution in [-0.2, 0) is 6.54 Å². The van der Waals surface area contributed by atoms with Crippen molar-refractivity contribution in [2.75, 3.05) is 60.0 Å². The second-order valence-corrected chi connectivity index (χ2v) is 7.46. The molecule has 1 aromatic rings. The summed E-state index contributed by atoms with van der Waals surface area (Å²) < 4.78 is 5.48. The molecule has 152 valence electrons. The van der Waals surface area contributed by atoms with Crippen LogP contribution in [0.25, 0.3) is 0 Å². The van der Waals surface area contributed by atoms with Crippen molar-refractivity contribution >= 4 is 5.96 Å². The molecule has 0 saturated carbocycles. The molecule has 1 saturated heterocycles. The topological polar surface area (TPSA) is 52.1 Å². The molecule has 0 spiro atoms. The molecular weight excluding hydrogens is 338 g/mol. The van der Waals surface area contributed by atoms with E-state index >= 15 is 0 Å². The van der Waals surface area contributed by atoms with Crippen LogP contribution in [0.5, 0.6) is 5.75 Å². The minimum atomic E-state index is 0.575. The van der Waals surface area contributed by atoms with Gasteiger partial charge in [-0.3, -0.25) is 4.99 Å². The Bertz CT molecular complexity index is 596. The van der Waals surface area contributed by atoms with Crippen molar-refractivity contribution in [3.05, 3.63) is 29.3 Å². The van der Waals surface area contributed by atoms with Gasteiger partial charge in [0.1, 0.15) is 5.75 Å². The van der Waals surface area contributed by atoms with Crippen LogP contribution in [0, 0.1) is 12.8 Å². The normalized spacial score (nSPS) is 17.6. The third-order valence-corrected chi connectivity index (χ3v) is 5.21. The largest absolute Gasteiger partial charge is 0.496 e. The third-order valence-electron chi connectivity index (χ3n) is 5.21. The zero-order valence-electron chi connectivity index (χ0n) is 17.7. The summed E-state index contributed by atoms with van der Waals surface area (Å²) in [5.74, 6) is 2.32. The number of guanidine groups is 1. The highest BCUT2D eigenvalue weighted by atomic mass is 16.5. The fourth-order valence-electron chi connectivity index (χ4n) is 3.46. The average molecular weight is 376 g/mol. The average Bonchev–Trinajstić information content (AvgIpc) is 2.69. The van der Waals surface area contributed by atoms with Crippen molar-refractivity contribution in [3.63, 3.8) is 0 Å². The van der Waals surface area contributed by atoms with Crippen molar-refractivity contribution in [1.29, 1.82) is 0 Å². The first-order valence-corrected chi connectivity index (χ1v) is 10.1. The Balaban J connectivity index is 1.74. The molecule has 1 fully saturated rings. The van der Waals surface area contributed by atoms with Gasteiger partial charge in [0.25, 0.3) is 0 Å². The van der Waals surface area contributed by atoms with Crippen LogP contribution in [0.1, 0.15) is 25.0 Å². The van der Waals surface area contributed by atoms with Crippen LogP contribution < -0.4 is 15.4 Å². The number of benzene rings is 1. The van der Waals surface area contributed by atoms with Crippen LogP contribution >= 0.6 is 0 Å². The summed E-state index contributed by atoms with van der Waals surface area (Å²) >= 11 is 0. The lowest BCUT2D eigenvalue weighted by atomic mass is 10.1. The van der Waals surface area contributed by atoms with E-state index in [1.54, 1.807) is 7.11 Å². The minimum absolute atomic E-state index is 0.575. The first-order valence-electron chi connectivity index (χ1n) is 10.1. The number of ether oxygens (including phenoxy) is 1. The number of aryl methyl sites for hydroxylation is 1. The number of methoxy groups -OCH3 is 1. The van der Waals surface area contributed by atoms with Crippen molar-refractivity contribution in [2.24, 2.45) is 10.9 Å². The van der Waals surface area contributed by atoms with E-state index in [-0.39, 0.29) is 0 Å². The highest BCUT2D eigenvalue weighted by molar-refractivity contribution is 5.79. The molecule has 1 aliphatic heterocycles. The molecule has 6 nitrogen and oxygen atoms in total. The van der Waals surface area contributed by atoms with Crippen molar-refractivity contribution < 1.29 is 4.74 Å². The Morgan fingerprint density at radius 2 is 1.89 bits per heavy atom. The van der Waals surface area contributed by atoms with E-state index in [0.717, 1.165) is 30.4 Å². The molecule has 1 unspecified atom stereocenters. The summed E-state index contributed by atoms with van der Waals surface area (Å²) in [6.07, 6.45) is 0. The molecule has 0 radical (unpaired) electrons. The Kier molecular flexibility index (Phi) is 8.88. The molecule has 1 heterocycles. The zero-order chi connectivity index (χ0) is 19.6. The summed E-state index contributed by atoms with van der Waals surface area (Å²) in [5.41, 5.74) is 2.33. The number of hydrogen-bond acceptors (Lipinski definition) is 4. The Morgan fingerprint density at radius 3 is 2.52 bits per heavy atom. The van der Waals surface area contributed by atoms with E-state index < -0.39 is 0 Å². The lowest BCUT2D eigenvalue weighted by Gasteiger charge is -2.35. The number of nitrogens with one attached hydrogen (secondary N) is 2. The van der Waals surface area contributed by atoms with E-state index in [1.807, 2.05) is 7.05 Å². The van der Waals surface area contributed by atoms with Gasteiger partial charge in [-0.05, 0) is 31.0 Å². The molecular formula is C21H37N5O. The van der Waals surface area contributed by atoms with Gasteiger partial charge in [-0.1, -0.05) is 26.0 Å². The van der Waals surface area contributed by atoms with Crippen LogP contribution in [0.3, 0.4) is 0 Å². The van der Waals surface area contributed by atoms with Gasteiger partial charge < -0.3 is 25.2 Å². The molecule has 0 bridgehead atoms. The first kappa shape index (κ1) is 21.5. The maximum absolute atomic E-state index is 5.48. The first-order chi connectivity index (χ1) is 13.0. The van der Waals surface area contributed by atoms with Crippen LogP contribution in [0.2, 0.25) is 0 Å². The van der Waals surface area contributed by atoms with Gasteiger partial charge in [0, 0.05) is 58.4 Å². The predicted octanol–water partition coefficient (Wildman–Crippen LogP) is 1.94. The number of nitrogens with zero attached hydrogens (tertiary/aromatic N) is 3. The van der Waals surface area contributed by atoms with E-state index in [4.69, 9.17) is 4.74 Å². The molecule has 27 heavy (non-hydrogen) atoms. The van der Waals surface area contributed by atoms with Crippen molar-refractivity contribution in [1.82, 2.24) is 20.4 Å². The maximum Gasteiger partial charge on any atom is 0.191 e. The summed E-state index contributed by atoms with van der Waals surface area (Å²) in [5, 5.41) is 6.85. The lowest BCUT2D eigenvalue weighted by Crippen LogP contribution is -2.48. The van der Waals surface area contributed by atoms with Crippen LogP contribution in [-0.4, -0.2) is 75.7 Å². The van der Waals surface area contributed by atoms with E-state index in [0.29, 0.717) is 12.5 Å². The molecule has 1 aliphatic rings. The molecule has 2 rings (SSSR count). The predicted molar refractivity (Wildman–Crippen MR) is 114 cm³/mol. The standard InChI is InChI=1S/C21H37N5O/c1-6-25-9-11-26(12-10-25)16-18(3)14-23-21(22-4)24-15-19-8-7-17(2)13-20(19)27-5/h7-8,13,18H,6,9-12,14-16H2,1-5H3,(H2,22,23,24). The van der Waals surface area contributed by atoms with Crippen LogP contribution in [0.4, 0.5) is 0 Å². The molecule has 6 heteroatoms. The SMILES string of the molecule is CCN1CCN(CC(C)CNC(=NC)NCc2ccc(C)cc2OC)CC1. The van der Waals surface area contributed by atoms with Gasteiger partial charge in [-0.15, -0.1) is 0 Å². The van der Waals surface area contributed by atoms with E-state index in [2.05, 4.69) is 64.4 Å². The van der Waals surface area contributed by atoms with Gasteiger partial charge in [-0.25, -0.2) is 0 Å². The highest BCUT2D eigenvalue weighted by Gasteiger charge is 2.17. The fraction of sp³-hybridized carbons (Fsp3) is 0.667. The number of piperazine rings is 1. The number of hydrogen-bond donors (Lipinski definition) is 2. The van der Waals surface area contributed by atoms with Gasteiger partial charge in [0.2, 0.25) is 0 Å². The quantitative estimate of drug-likeness (QED) is 0.537. The smallest absolute Gasteiger partial charge is 0.191 e. The number of aliphatic imine (C=N–C) groups is 1. The minimum Gasteiger partial charge on any atom is -0.496 e. The molecule has 1 aromatic carbocycles. The fourth-order valence-corrected chi connectivity index (χ4v) is 3.46. The van der Waals surface area contributed by atoms with Crippen molar-refractivity contribution in [3.8, 4) is 5.75 Å². The molecule has 0 aliphatic carbocycles. The Morgan fingerprint density at radius 1 is 1.19 bits per heavy atom. The van der Waals surface area contributed by atoms with Gasteiger partial charge in [0.15, 0.2) is 5.96 Å². The van der Waals surface area contributed by atoms with Gasteiger partial charge in [-0.2, -0.15) is 0 Å². The molecule has 0 amide bonds. The van der Waals surface area contributed by atoms with E-state index in [9.17, 15) is 0 Å². The maximum atomic E-state index is 5.48. The monoisotopic (exact) mass is 375 g/mol. The van der Waals surface area contributed by atoms with Crippen molar-refractivity contribution in [2.45, 2.75) is 27.3 Å². The second-order valence-electron chi connectivity index (χ2n) is 7.46. The molecule has 0 aromatic heterocycles. The third kappa shape index (κ3) is 7.03. The molecule has 1 atom stereocenters. The van der Waals surface area contributed by atoms with Gasteiger partial charge >= 0.3 is 0 Å². The van der Waals surface area contributed by atoms with E-state index in [1.165, 1.54) is 38.3 Å². The van der Waals surface area contributed by atoms with Crippen LogP contribution in [0.15, 0.2) is 23.2 Å². The number of rotatable bonds is 8. The second kappa shape index (κ2) is 11.1. The zero-order valence-corrected chi connectivity index (χ0v) is 17.7. The molecule has 2 N–H and O–H groups in total. The lowest BCUT2D eigenvalue weighted by molar-refractivity contribution is 0.124. The van der Waals surface area contributed by atoms with Gasteiger partial charge in [0.05, 0.1) is 7.11 Å². The number of likely N-dealkylation sites (N-methyl/N-ethyl adjacent to an activating group) is 1. The highest BCUT2D eigenvalue weighted by Crippen LogP contribution is 2.19. The summed E-state index contributed by atoms with van der Waals surface area (Å²) in [4.78, 5) is 9.44.